The summed E-state index contributed by atoms with van der Waals surface area (Å²) in [7, 11) is -3.68. The molecule has 3 rings (SSSR count). The third-order valence-corrected chi connectivity index (χ3v) is 6.40. The number of hydrogen-bond donors (Lipinski definition) is 3. The van der Waals surface area contributed by atoms with E-state index in [1.807, 2.05) is 30.3 Å². The quantitative estimate of drug-likeness (QED) is 0.426. The molecule has 0 aliphatic rings. The van der Waals surface area contributed by atoms with Gasteiger partial charge in [0.15, 0.2) is 0 Å². The Morgan fingerprint density at radius 3 is 2.52 bits per heavy atom. The largest absolute Gasteiger partial charge is 0.481 e. The van der Waals surface area contributed by atoms with Crippen LogP contribution in [0.5, 0.6) is 0 Å². The Morgan fingerprint density at radius 1 is 1.06 bits per heavy atom. The number of carbonyl (C=O) groups is 1. The number of halogens is 1. The molecule has 2 atom stereocenters. The second kappa shape index (κ2) is 11.2. The predicted octanol–water partition coefficient (Wildman–Crippen LogP) is 3.17. The zero-order valence-corrected chi connectivity index (χ0v) is 18.7. The molecule has 0 saturated carbocycles. The Hall–Kier alpha value is -2.52. The monoisotopic (exact) mass is 463 g/mol. The van der Waals surface area contributed by atoms with Gasteiger partial charge in [-0.2, -0.15) is 0 Å². The van der Waals surface area contributed by atoms with Gasteiger partial charge in [0.2, 0.25) is 10.0 Å². The van der Waals surface area contributed by atoms with E-state index >= 15 is 0 Å². The van der Waals surface area contributed by atoms with E-state index in [0.717, 1.165) is 16.3 Å². The summed E-state index contributed by atoms with van der Waals surface area (Å²) >= 11 is 0. The van der Waals surface area contributed by atoms with E-state index in [-0.39, 0.29) is 35.7 Å². The SMILES string of the molecule is C[C@H](CNCC(CC(=O)O)c1ccccc1)NS(=O)(=O)c1ccc2cnccc2c1.Cl. The van der Waals surface area contributed by atoms with Crippen LogP contribution in [0.4, 0.5) is 0 Å². The van der Waals surface area contributed by atoms with Crippen LogP contribution < -0.4 is 10.0 Å². The highest BCUT2D eigenvalue weighted by Gasteiger charge is 2.19. The van der Waals surface area contributed by atoms with Crippen molar-refractivity contribution in [3.63, 3.8) is 0 Å². The van der Waals surface area contributed by atoms with Crippen molar-refractivity contribution >= 4 is 39.2 Å². The first-order valence-electron chi connectivity index (χ1n) is 9.69. The first-order chi connectivity index (χ1) is 14.3. The highest BCUT2D eigenvalue weighted by molar-refractivity contribution is 7.89. The van der Waals surface area contributed by atoms with Gasteiger partial charge in [-0.15, -0.1) is 12.4 Å². The van der Waals surface area contributed by atoms with Gasteiger partial charge in [-0.25, -0.2) is 13.1 Å². The van der Waals surface area contributed by atoms with Crippen molar-refractivity contribution in [3.8, 4) is 0 Å². The molecule has 0 aliphatic carbocycles. The minimum absolute atomic E-state index is 0. The van der Waals surface area contributed by atoms with E-state index in [1.165, 1.54) is 0 Å². The van der Waals surface area contributed by atoms with Crippen LogP contribution in [0.2, 0.25) is 0 Å². The molecule has 2 aromatic carbocycles. The van der Waals surface area contributed by atoms with Gasteiger partial charge in [-0.1, -0.05) is 36.4 Å². The Labute approximate surface area is 188 Å². The minimum Gasteiger partial charge on any atom is -0.481 e. The summed E-state index contributed by atoms with van der Waals surface area (Å²) in [6, 6.07) is 15.7. The molecule has 1 unspecified atom stereocenters. The minimum atomic E-state index is -3.68. The number of aromatic nitrogens is 1. The number of hydrogen-bond acceptors (Lipinski definition) is 5. The van der Waals surface area contributed by atoms with Crippen LogP contribution >= 0.6 is 12.4 Å². The van der Waals surface area contributed by atoms with E-state index < -0.39 is 16.0 Å². The lowest BCUT2D eigenvalue weighted by Crippen LogP contribution is -2.41. The summed E-state index contributed by atoms with van der Waals surface area (Å²) in [5.41, 5.74) is 0.936. The van der Waals surface area contributed by atoms with Crippen molar-refractivity contribution in [3.05, 3.63) is 72.6 Å². The number of sulfonamides is 1. The van der Waals surface area contributed by atoms with Crippen molar-refractivity contribution in [2.45, 2.75) is 30.2 Å². The fourth-order valence-corrected chi connectivity index (χ4v) is 4.60. The Bertz CT molecular complexity index is 1110. The van der Waals surface area contributed by atoms with Gasteiger partial charge in [0.1, 0.15) is 0 Å². The van der Waals surface area contributed by atoms with Crippen LogP contribution in [0.3, 0.4) is 0 Å². The lowest BCUT2D eigenvalue weighted by Gasteiger charge is -2.19. The predicted molar refractivity (Wildman–Crippen MR) is 123 cm³/mol. The summed E-state index contributed by atoms with van der Waals surface area (Å²) in [5.74, 6) is -1.06. The number of pyridine rings is 1. The van der Waals surface area contributed by atoms with E-state index in [1.54, 1.807) is 43.6 Å². The average molecular weight is 464 g/mol. The van der Waals surface area contributed by atoms with Crippen molar-refractivity contribution in [1.29, 1.82) is 0 Å². The normalized spacial score (nSPS) is 13.3. The first-order valence-corrected chi connectivity index (χ1v) is 11.2. The van der Waals surface area contributed by atoms with Crippen LogP contribution in [-0.2, 0) is 14.8 Å². The maximum atomic E-state index is 12.7. The van der Waals surface area contributed by atoms with Crippen LogP contribution in [0.25, 0.3) is 10.8 Å². The maximum absolute atomic E-state index is 12.7. The van der Waals surface area contributed by atoms with Gasteiger partial charge < -0.3 is 10.4 Å². The summed E-state index contributed by atoms with van der Waals surface area (Å²) in [6.45, 7) is 2.58. The lowest BCUT2D eigenvalue weighted by molar-refractivity contribution is -0.137. The molecule has 31 heavy (non-hydrogen) atoms. The van der Waals surface area contributed by atoms with Gasteiger partial charge in [-0.05, 0) is 36.1 Å². The number of nitrogens with zero attached hydrogens (tertiary/aromatic N) is 1. The van der Waals surface area contributed by atoms with Crippen molar-refractivity contribution < 1.29 is 18.3 Å². The lowest BCUT2D eigenvalue weighted by atomic mass is 9.95. The summed E-state index contributed by atoms with van der Waals surface area (Å²) in [4.78, 5) is 15.4. The number of nitrogens with one attached hydrogen (secondary N) is 2. The summed E-state index contributed by atoms with van der Waals surface area (Å²) in [6.07, 6.45) is 3.31. The molecule has 0 fully saturated rings. The van der Waals surface area contributed by atoms with Crippen LogP contribution in [0.15, 0.2) is 71.9 Å². The van der Waals surface area contributed by atoms with E-state index in [0.29, 0.717) is 13.1 Å². The average Bonchev–Trinajstić information content (AvgIpc) is 2.72. The molecular weight excluding hydrogens is 438 g/mol. The molecular formula is C22H26ClN3O4S. The molecule has 7 nitrogen and oxygen atoms in total. The molecule has 3 aromatic rings. The van der Waals surface area contributed by atoms with Gasteiger partial charge in [0.25, 0.3) is 0 Å². The number of rotatable bonds is 10. The number of fused-ring (bicyclic) bond motifs is 1. The number of aliphatic carboxylic acids is 1. The number of benzene rings is 2. The van der Waals surface area contributed by atoms with E-state index in [9.17, 15) is 18.3 Å². The molecule has 0 radical (unpaired) electrons. The van der Waals surface area contributed by atoms with Crippen molar-refractivity contribution in [2.75, 3.05) is 13.1 Å². The standard InChI is InChI=1S/C22H25N3O4S.ClH/c1-16(13-24-15-20(12-22(26)27)17-5-3-2-4-6-17)25-30(28,29)21-8-7-19-14-23-10-9-18(19)11-21;/h2-11,14,16,20,24-25H,12-13,15H2,1H3,(H,26,27);1H/t16-,20?;/m1./s1. The zero-order chi connectivity index (χ0) is 21.6. The van der Waals surface area contributed by atoms with E-state index in [2.05, 4.69) is 15.0 Å². The first kappa shape index (κ1) is 24.7. The van der Waals surface area contributed by atoms with Crippen LogP contribution in [-0.4, -0.2) is 43.6 Å². The van der Waals surface area contributed by atoms with Gasteiger partial charge >= 0.3 is 5.97 Å². The Balaban J connectivity index is 0.00000341. The molecule has 0 spiro atoms. The Morgan fingerprint density at radius 2 is 1.81 bits per heavy atom. The topological polar surface area (TPSA) is 108 Å². The van der Waals surface area contributed by atoms with Gasteiger partial charge in [0, 0.05) is 42.8 Å². The smallest absolute Gasteiger partial charge is 0.304 e. The van der Waals surface area contributed by atoms with Gasteiger partial charge in [0.05, 0.1) is 11.3 Å². The molecule has 166 valence electrons. The zero-order valence-electron chi connectivity index (χ0n) is 17.1. The van der Waals surface area contributed by atoms with Crippen LogP contribution in [0.1, 0.15) is 24.8 Å². The molecule has 9 heteroatoms. The molecule has 3 N–H and O–H groups in total. The molecule has 0 bridgehead atoms. The van der Waals surface area contributed by atoms with E-state index in [4.69, 9.17) is 0 Å². The third-order valence-electron chi connectivity index (χ3n) is 4.81. The van der Waals surface area contributed by atoms with Crippen LogP contribution in [0, 0.1) is 0 Å². The summed E-state index contributed by atoms with van der Waals surface area (Å²) in [5, 5.41) is 14.1. The fourth-order valence-electron chi connectivity index (χ4n) is 3.32. The molecule has 0 aliphatic heterocycles. The molecule has 0 saturated heterocycles. The van der Waals surface area contributed by atoms with Crippen molar-refractivity contribution in [1.82, 2.24) is 15.0 Å². The fraction of sp³-hybridized carbons (Fsp3) is 0.273. The number of carboxylic acids is 1. The Kier molecular flexibility index (Phi) is 8.94. The highest BCUT2D eigenvalue weighted by Crippen LogP contribution is 2.19. The second-order valence-electron chi connectivity index (χ2n) is 7.27. The van der Waals surface area contributed by atoms with Crippen molar-refractivity contribution in [2.24, 2.45) is 0 Å². The maximum Gasteiger partial charge on any atom is 0.304 e. The summed E-state index contributed by atoms with van der Waals surface area (Å²) < 4.78 is 28.1. The number of carboxylic acid groups (broad SMARTS) is 1. The highest BCUT2D eigenvalue weighted by atomic mass is 35.5. The molecule has 0 amide bonds. The molecule has 1 aromatic heterocycles. The van der Waals surface area contributed by atoms with Gasteiger partial charge in [-0.3, -0.25) is 9.78 Å². The molecule has 1 heterocycles. The third kappa shape index (κ3) is 7.00. The second-order valence-corrected chi connectivity index (χ2v) is 8.98.